The molecule has 0 bridgehead atoms. The fraction of sp³-hybridized carbons (Fsp3) is 0.593. The Morgan fingerprint density at radius 2 is 1.20 bits per heavy atom. The van der Waals surface area contributed by atoms with E-state index >= 15 is 0 Å². The van der Waals surface area contributed by atoms with Crippen molar-refractivity contribution in [2.45, 2.75) is 207 Å². The first-order chi connectivity index (χ1) is 34.4. The molecule has 0 radical (unpaired) electrons. The van der Waals surface area contributed by atoms with Gasteiger partial charge in [-0.25, -0.2) is 9.97 Å². The number of aryl methyl sites for hydroxylation is 8. The Labute approximate surface area is 446 Å². The van der Waals surface area contributed by atoms with E-state index in [2.05, 4.69) is 169 Å². The average Bonchev–Trinajstić information content (AvgIpc) is 4.17. The molecule has 0 saturated heterocycles. The second-order valence-corrected chi connectivity index (χ2v) is 21.4. The van der Waals surface area contributed by atoms with Crippen LogP contribution in [-0.4, -0.2) is 73.5 Å². The maximum absolute atomic E-state index is 10.9. The molecule has 0 N–H and O–H groups in total. The summed E-state index contributed by atoms with van der Waals surface area (Å²) in [5.41, 5.74) is 10.5. The minimum Gasteiger partial charge on any atom is -0.446 e. The monoisotopic (exact) mass is 1020 g/mol. The number of allylic oxidation sites excluding steroid dienone is 1. The van der Waals surface area contributed by atoms with Crippen molar-refractivity contribution in [3.8, 4) is 0 Å². The molecule has 0 aromatic carbocycles. The molecular formula is C59H97N11O4. The number of aliphatic imine (C=N–C) groups is 1. The Morgan fingerprint density at radius 3 is 1.42 bits per heavy atom. The first-order valence-corrected chi connectivity index (χ1v) is 26.4. The molecule has 2 aliphatic rings. The van der Waals surface area contributed by atoms with Gasteiger partial charge in [0, 0.05) is 93.0 Å². The molecule has 0 fully saturated rings. The minimum atomic E-state index is 0.213. The van der Waals surface area contributed by atoms with Crippen LogP contribution in [0, 0.1) is 47.5 Å². The van der Waals surface area contributed by atoms with E-state index in [1.165, 1.54) is 28.4 Å². The van der Waals surface area contributed by atoms with Crippen molar-refractivity contribution in [2.75, 3.05) is 6.54 Å². The highest BCUT2D eigenvalue weighted by Gasteiger charge is 2.16. The number of hydrogen-bond acceptors (Lipinski definition) is 11. The molecule has 6 aromatic rings. The van der Waals surface area contributed by atoms with Crippen molar-refractivity contribution in [1.82, 2.24) is 49.3 Å². The molecule has 0 unspecified atom stereocenters. The highest BCUT2D eigenvalue weighted by atomic mass is 16.5. The zero-order valence-corrected chi connectivity index (χ0v) is 50.4. The molecule has 6 aromatic heterocycles. The summed E-state index contributed by atoms with van der Waals surface area (Å²) in [6.45, 7) is 48.6. The summed E-state index contributed by atoms with van der Waals surface area (Å²) in [6.07, 6.45) is 12.2. The maximum atomic E-state index is 10.9. The van der Waals surface area contributed by atoms with Gasteiger partial charge in [-0.2, -0.15) is 10.2 Å². The molecule has 0 spiro atoms. The number of hydrogen-bond donors (Lipinski definition) is 0. The Kier molecular flexibility index (Phi) is 29.3. The molecule has 8 rings (SSSR count). The second kappa shape index (κ2) is 32.9. The lowest BCUT2D eigenvalue weighted by Gasteiger charge is -2.17. The Hall–Kier alpha value is -6.12. The number of aromatic nitrogens is 9. The molecule has 0 saturated carbocycles. The zero-order valence-electron chi connectivity index (χ0n) is 50.4. The van der Waals surface area contributed by atoms with Crippen molar-refractivity contribution in [2.24, 2.45) is 25.0 Å². The third-order valence-corrected chi connectivity index (χ3v) is 11.2. The predicted molar refractivity (Wildman–Crippen MR) is 304 cm³/mol. The van der Waals surface area contributed by atoms with E-state index in [4.69, 9.17) is 13.5 Å². The van der Waals surface area contributed by atoms with Crippen LogP contribution in [0.3, 0.4) is 0 Å². The Morgan fingerprint density at radius 1 is 0.581 bits per heavy atom. The van der Waals surface area contributed by atoms with E-state index in [0.717, 1.165) is 52.5 Å². The first kappa shape index (κ1) is 65.9. The topological polar surface area (TPSA) is 164 Å². The SMILES string of the molecule is CC(C)N1C=CCC1=O.CC1=CC(C(C)C)=NC1.Cc1cc(C(C)C)n(C)n1.Cc1cc(C(C)C)nn1C.Cc1cc(C(C)C)no1.Cc1cc(C(C)C)on1.Cc1cn(C(C)C)cn1.Cc1ncc(C(C)C)o1. The van der Waals surface area contributed by atoms with Gasteiger partial charge in [0.25, 0.3) is 0 Å². The number of rotatable bonds is 8. The van der Waals surface area contributed by atoms with E-state index in [0.29, 0.717) is 54.0 Å². The molecule has 412 valence electrons. The number of imidazole rings is 1. The van der Waals surface area contributed by atoms with Gasteiger partial charge in [-0.05, 0) is 111 Å². The van der Waals surface area contributed by atoms with E-state index in [1.807, 2.05) is 109 Å². The molecule has 0 atom stereocenters. The maximum Gasteiger partial charge on any atom is 0.230 e. The van der Waals surface area contributed by atoms with E-state index in [1.54, 1.807) is 11.1 Å². The van der Waals surface area contributed by atoms with Crippen LogP contribution < -0.4 is 0 Å². The quantitative estimate of drug-likeness (QED) is 0.143. The summed E-state index contributed by atoms with van der Waals surface area (Å²) >= 11 is 0. The predicted octanol–water partition coefficient (Wildman–Crippen LogP) is 15.0. The van der Waals surface area contributed by atoms with Crippen molar-refractivity contribution in [3.63, 3.8) is 0 Å². The van der Waals surface area contributed by atoms with Crippen LogP contribution in [0.4, 0.5) is 0 Å². The van der Waals surface area contributed by atoms with Gasteiger partial charge in [0.1, 0.15) is 17.3 Å². The molecule has 15 nitrogen and oxygen atoms in total. The number of amides is 1. The fourth-order valence-electron chi connectivity index (χ4n) is 6.55. The van der Waals surface area contributed by atoms with E-state index in [9.17, 15) is 4.79 Å². The average molecular weight is 1020 g/mol. The first-order valence-electron chi connectivity index (χ1n) is 26.4. The largest absolute Gasteiger partial charge is 0.446 e. The van der Waals surface area contributed by atoms with Gasteiger partial charge in [-0.3, -0.25) is 19.2 Å². The lowest BCUT2D eigenvalue weighted by molar-refractivity contribution is -0.127. The molecule has 1 amide bonds. The smallest absolute Gasteiger partial charge is 0.230 e. The number of nitrogens with zero attached hydrogens (tertiary/aromatic N) is 11. The van der Waals surface area contributed by atoms with Gasteiger partial charge in [-0.1, -0.05) is 105 Å². The standard InChI is InChI=1S/2C8H14N2.C8H13N.C7H12N2.4C7H11NO/c1-6(2)8-5-7(3)10(4)9-8;1-6(2)8-5-7(3)9-10(8)4;1-6(2)8-4-7(3)5-9-8;1-6(2)9-4-7(3)8-5-9;1-5(2)7-4-8-6(3)9-7;1-5(2)7-4-6(3)9-8-7;1-5(2)7-4-6(3)8-9-7;1-6(2)8-5-3-4-7(8)9/h2*5-6H,1-4H3;4,6H,5H2,1-3H3;4-6H,1-3H3;3*4-5H,1-3H3;3,5-6H,4H2,1-2H3. The minimum absolute atomic E-state index is 0.213. The van der Waals surface area contributed by atoms with Crippen molar-refractivity contribution in [3.05, 3.63) is 130 Å². The van der Waals surface area contributed by atoms with Crippen molar-refractivity contribution < 1.29 is 18.3 Å². The summed E-state index contributed by atoms with van der Waals surface area (Å²) in [6, 6.07) is 9.03. The van der Waals surface area contributed by atoms with Crippen LogP contribution >= 0.6 is 0 Å². The lowest BCUT2D eigenvalue weighted by atomic mass is 10.1. The third-order valence-electron chi connectivity index (χ3n) is 11.2. The van der Waals surface area contributed by atoms with Gasteiger partial charge in [0.05, 0.1) is 47.5 Å². The van der Waals surface area contributed by atoms with Crippen LogP contribution in [0.25, 0.3) is 0 Å². The molecule has 15 heteroatoms. The van der Waals surface area contributed by atoms with E-state index < -0.39 is 0 Å². The van der Waals surface area contributed by atoms with Crippen LogP contribution in [0.5, 0.6) is 0 Å². The van der Waals surface area contributed by atoms with Gasteiger partial charge in [0.15, 0.2) is 5.89 Å². The van der Waals surface area contributed by atoms with Gasteiger partial charge in [-0.15, -0.1) is 0 Å². The van der Waals surface area contributed by atoms with Crippen LogP contribution in [0.1, 0.15) is 223 Å². The van der Waals surface area contributed by atoms with Crippen LogP contribution in [0.2, 0.25) is 0 Å². The summed E-state index contributed by atoms with van der Waals surface area (Å²) in [7, 11) is 3.96. The second-order valence-electron chi connectivity index (χ2n) is 21.4. The molecular weight excluding hydrogens is 927 g/mol. The lowest BCUT2D eigenvalue weighted by Crippen LogP contribution is -2.27. The fourth-order valence-corrected chi connectivity index (χ4v) is 6.55. The van der Waals surface area contributed by atoms with E-state index in [-0.39, 0.29) is 5.91 Å². The van der Waals surface area contributed by atoms with Gasteiger partial charge in [0.2, 0.25) is 5.91 Å². The van der Waals surface area contributed by atoms with Gasteiger partial charge < -0.3 is 22.9 Å². The van der Waals surface area contributed by atoms with Gasteiger partial charge >= 0.3 is 0 Å². The summed E-state index contributed by atoms with van der Waals surface area (Å²) in [4.78, 5) is 25.0. The van der Waals surface area contributed by atoms with Crippen LogP contribution in [0.15, 0.2) is 85.4 Å². The number of carbonyl (C=O) groups is 1. The summed E-state index contributed by atoms with van der Waals surface area (Å²) in [5.74, 6) is 6.87. The van der Waals surface area contributed by atoms with Crippen molar-refractivity contribution in [1.29, 1.82) is 0 Å². The number of carbonyl (C=O) groups excluding carboxylic acids is 1. The van der Waals surface area contributed by atoms with Crippen LogP contribution in [-0.2, 0) is 18.9 Å². The Bertz CT molecular complexity index is 2390. The Balaban J connectivity index is 0.000000423. The highest BCUT2D eigenvalue weighted by molar-refractivity contribution is 5.98. The molecule has 8 heterocycles. The summed E-state index contributed by atoms with van der Waals surface area (Å²) < 4.78 is 21.0. The third kappa shape index (κ3) is 25.2. The molecule has 74 heavy (non-hydrogen) atoms. The normalized spacial score (nSPS) is 12.6. The molecule has 0 aliphatic carbocycles. The summed E-state index contributed by atoms with van der Waals surface area (Å²) in [5, 5.41) is 16.2. The molecule has 2 aliphatic heterocycles. The zero-order chi connectivity index (χ0) is 56.6. The number of oxazole rings is 1. The van der Waals surface area contributed by atoms with Crippen molar-refractivity contribution >= 4 is 11.6 Å². The highest BCUT2D eigenvalue weighted by Crippen LogP contribution is 2.17.